The largest absolute Gasteiger partial charge is 0.487 e. The van der Waals surface area contributed by atoms with E-state index in [1.807, 2.05) is 95.3 Å². The van der Waals surface area contributed by atoms with Crippen LogP contribution in [0, 0.1) is 0 Å². The molecule has 0 saturated carbocycles. The second-order valence-electron chi connectivity index (χ2n) is 22.3. The molecule has 0 radical (unpaired) electrons. The van der Waals surface area contributed by atoms with Crippen molar-refractivity contribution in [1.29, 1.82) is 0 Å². The highest BCUT2D eigenvalue weighted by Crippen LogP contribution is 2.41. The average Bonchev–Trinajstić information content (AvgIpc) is 3.91. The van der Waals surface area contributed by atoms with Gasteiger partial charge in [0.05, 0.1) is 38.4 Å². The molecule has 12 heteroatoms. The number of hydrogen-bond donors (Lipinski definition) is 0. The van der Waals surface area contributed by atoms with Gasteiger partial charge in [-0.1, -0.05) is 97.0 Å². The average molecular weight is 1000 g/mol. The fourth-order valence-corrected chi connectivity index (χ4v) is 11.6. The Hall–Kier alpha value is -5.50. The molecular formula is C59H68O10S2. The molecule has 2 aliphatic rings. The van der Waals surface area contributed by atoms with Crippen LogP contribution in [0.2, 0.25) is 0 Å². The minimum absolute atomic E-state index is 0.0731. The van der Waals surface area contributed by atoms with Crippen molar-refractivity contribution in [2.75, 3.05) is 13.2 Å². The molecule has 10 nitrogen and oxygen atoms in total. The zero-order valence-electron chi connectivity index (χ0n) is 43.0. The van der Waals surface area contributed by atoms with Gasteiger partial charge in [-0.3, -0.25) is 0 Å². The van der Waals surface area contributed by atoms with Crippen molar-refractivity contribution in [3.05, 3.63) is 168 Å². The predicted octanol–water partition coefficient (Wildman–Crippen LogP) is 12.6. The minimum atomic E-state index is -3.81. The van der Waals surface area contributed by atoms with Gasteiger partial charge in [-0.15, -0.1) is 0 Å². The first kappa shape index (κ1) is 51.8. The molecule has 376 valence electrons. The van der Waals surface area contributed by atoms with Crippen molar-refractivity contribution in [2.24, 2.45) is 0 Å². The van der Waals surface area contributed by atoms with E-state index in [0.717, 1.165) is 22.3 Å². The molecule has 8 rings (SSSR count). The number of ether oxygens (including phenoxy) is 6. The lowest BCUT2D eigenvalue weighted by molar-refractivity contribution is -0.104. The zero-order chi connectivity index (χ0) is 51.4. The van der Waals surface area contributed by atoms with Gasteiger partial charge in [-0.2, -0.15) is 0 Å². The summed E-state index contributed by atoms with van der Waals surface area (Å²) in [5.74, 6) is 2.42. The third-order valence-electron chi connectivity index (χ3n) is 14.2. The Bertz CT molecular complexity index is 3020. The van der Waals surface area contributed by atoms with E-state index in [0.29, 0.717) is 36.2 Å². The van der Waals surface area contributed by atoms with Crippen LogP contribution in [-0.2, 0) is 50.1 Å². The minimum Gasteiger partial charge on any atom is -0.487 e. The SMILES string of the molecule is CC(C)(C)OC1COC2C(Oc3ccc(S(=O)(=O)c4ccc(C(C)(C)C(C)(C)Oc5ccc(C(C)(C)c6ccc(Oc7ccc(S(=O)(=O)c8ccc(C(C)(C)C)cc8)cc7)cc6)cc5)cc4)cc3)COC12. The highest BCUT2D eigenvalue weighted by atomic mass is 32.2. The Morgan fingerprint density at radius 3 is 1.21 bits per heavy atom. The standard InChI is InChI=1S/C59H68O10S2/c1-55(2,3)39-17-29-47(30-18-39)70(60,61)49-33-25-44(26-34-49)66-43-21-13-40(14-22-43)57(7,8)41-15-23-46(24-16-41)68-59(11,12)58(9,10)42-19-31-48(32-20-42)71(62,63)50-35-27-45(28-36-50)67-51-37-64-54-52(38-65-53(51)54)69-56(4,5)6/h13-36,51-54H,37-38H2,1-12H3. The van der Waals surface area contributed by atoms with Crippen molar-refractivity contribution in [1.82, 2.24) is 0 Å². The first-order valence-electron chi connectivity index (χ1n) is 24.2. The second kappa shape index (κ2) is 19.2. The molecule has 71 heavy (non-hydrogen) atoms. The Labute approximate surface area is 421 Å². The lowest BCUT2D eigenvalue weighted by Crippen LogP contribution is -2.47. The predicted molar refractivity (Wildman–Crippen MR) is 277 cm³/mol. The summed E-state index contributed by atoms with van der Waals surface area (Å²) in [6, 6.07) is 43.2. The van der Waals surface area contributed by atoms with Crippen molar-refractivity contribution in [2.45, 2.75) is 155 Å². The molecule has 0 amide bonds. The van der Waals surface area contributed by atoms with Gasteiger partial charge >= 0.3 is 0 Å². The summed E-state index contributed by atoms with van der Waals surface area (Å²) in [6.45, 7) is 25.7. The van der Waals surface area contributed by atoms with E-state index >= 15 is 0 Å². The van der Waals surface area contributed by atoms with E-state index < -0.39 is 30.7 Å². The van der Waals surface area contributed by atoms with Gasteiger partial charge in [-0.05, 0) is 159 Å². The van der Waals surface area contributed by atoms with Crippen LogP contribution in [0.25, 0.3) is 0 Å². The van der Waals surface area contributed by atoms with Gasteiger partial charge in [0.2, 0.25) is 19.7 Å². The van der Waals surface area contributed by atoms with Gasteiger partial charge in [0.1, 0.15) is 46.9 Å². The molecule has 0 N–H and O–H groups in total. The number of sulfone groups is 2. The number of hydrogen-bond acceptors (Lipinski definition) is 10. The van der Waals surface area contributed by atoms with Crippen LogP contribution in [0.1, 0.15) is 105 Å². The van der Waals surface area contributed by atoms with E-state index in [9.17, 15) is 16.8 Å². The van der Waals surface area contributed by atoms with Crippen LogP contribution in [0.4, 0.5) is 0 Å². The van der Waals surface area contributed by atoms with E-state index in [4.69, 9.17) is 28.4 Å². The third-order valence-corrected chi connectivity index (χ3v) is 17.8. The fourth-order valence-electron chi connectivity index (χ4n) is 9.05. The topological polar surface area (TPSA) is 124 Å². The lowest BCUT2D eigenvalue weighted by atomic mass is 9.72. The molecule has 2 saturated heterocycles. The molecule has 0 spiro atoms. The molecule has 4 unspecified atom stereocenters. The molecule has 4 atom stereocenters. The lowest BCUT2D eigenvalue weighted by Gasteiger charge is -2.42. The molecule has 2 heterocycles. The summed E-state index contributed by atoms with van der Waals surface area (Å²) >= 11 is 0. The highest BCUT2D eigenvalue weighted by Gasteiger charge is 2.50. The van der Waals surface area contributed by atoms with Gasteiger partial charge in [-0.25, -0.2) is 16.8 Å². The molecule has 2 aliphatic heterocycles. The number of fused-ring (bicyclic) bond motifs is 1. The Morgan fingerprint density at radius 2 is 0.775 bits per heavy atom. The van der Waals surface area contributed by atoms with Crippen LogP contribution >= 0.6 is 0 Å². The summed E-state index contributed by atoms with van der Waals surface area (Å²) in [5, 5.41) is 0. The van der Waals surface area contributed by atoms with Crippen molar-refractivity contribution in [3.8, 4) is 23.0 Å². The first-order chi connectivity index (χ1) is 33.1. The molecule has 0 aromatic heterocycles. The first-order valence-corrected chi connectivity index (χ1v) is 27.2. The maximum absolute atomic E-state index is 13.8. The van der Waals surface area contributed by atoms with E-state index in [1.54, 1.807) is 72.8 Å². The maximum atomic E-state index is 13.8. The molecule has 2 fully saturated rings. The van der Waals surface area contributed by atoms with E-state index in [1.165, 1.54) is 0 Å². The van der Waals surface area contributed by atoms with Crippen LogP contribution < -0.4 is 14.2 Å². The van der Waals surface area contributed by atoms with Gasteiger partial charge in [0, 0.05) is 10.8 Å². The maximum Gasteiger partial charge on any atom is 0.206 e. The molecule has 6 aromatic rings. The van der Waals surface area contributed by atoms with Gasteiger partial charge in [0.15, 0.2) is 6.10 Å². The normalized spacial score (nSPS) is 19.0. The summed E-state index contributed by atoms with van der Waals surface area (Å²) in [5.41, 5.74) is 2.21. The summed E-state index contributed by atoms with van der Waals surface area (Å²) in [7, 11) is -7.49. The molecule has 0 aliphatic carbocycles. The molecule has 6 aromatic carbocycles. The molecular weight excluding hydrogens is 933 g/mol. The Morgan fingerprint density at radius 1 is 0.423 bits per heavy atom. The van der Waals surface area contributed by atoms with Crippen molar-refractivity contribution >= 4 is 19.7 Å². The quantitative estimate of drug-likeness (QED) is 0.0982. The van der Waals surface area contributed by atoms with Crippen LogP contribution in [-0.4, -0.2) is 65.7 Å². The van der Waals surface area contributed by atoms with Gasteiger partial charge in [0.25, 0.3) is 0 Å². The third kappa shape index (κ3) is 11.0. The monoisotopic (exact) mass is 1000 g/mol. The van der Waals surface area contributed by atoms with Gasteiger partial charge < -0.3 is 28.4 Å². The van der Waals surface area contributed by atoms with Crippen LogP contribution in [0.3, 0.4) is 0 Å². The number of benzene rings is 6. The van der Waals surface area contributed by atoms with E-state index in [-0.39, 0.29) is 60.4 Å². The van der Waals surface area contributed by atoms with E-state index in [2.05, 4.69) is 60.6 Å². The van der Waals surface area contributed by atoms with Crippen molar-refractivity contribution < 1.29 is 45.3 Å². The smallest absolute Gasteiger partial charge is 0.206 e. The summed E-state index contributed by atoms with van der Waals surface area (Å²) in [4.78, 5) is 0.824. The van der Waals surface area contributed by atoms with Crippen LogP contribution in [0.5, 0.6) is 23.0 Å². The second-order valence-corrected chi connectivity index (χ2v) is 26.2. The summed E-state index contributed by atoms with van der Waals surface area (Å²) in [6.07, 6.45) is -0.976. The fraction of sp³-hybridized carbons (Fsp3) is 0.390. The summed E-state index contributed by atoms with van der Waals surface area (Å²) < 4.78 is 91.6. The highest BCUT2D eigenvalue weighted by molar-refractivity contribution is 7.91. The number of rotatable bonds is 15. The zero-order valence-corrected chi connectivity index (χ0v) is 44.6. The Balaban J connectivity index is 0.860. The van der Waals surface area contributed by atoms with Crippen molar-refractivity contribution in [3.63, 3.8) is 0 Å². The van der Waals surface area contributed by atoms with Crippen LogP contribution in [0.15, 0.2) is 165 Å². The molecule has 0 bridgehead atoms. The Kier molecular flexibility index (Phi) is 14.0.